The first-order valence-electron chi connectivity index (χ1n) is 11.7. The standard InChI is InChI=1S/C27H27FN6O3/c1-2-33-23-12-5-18(27(37)34(14-13-25(35)36)21-10-6-19(28)7-11-21)15-22(23)32-24(33)16-31-20-8-3-17(4-9-20)26(29)30/h3-12,15,31H,2,13-14,16H2,1H3,(H3,29,30)(H,35,36). The van der Waals surface area contributed by atoms with Gasteiger partial charge in [0.1, 0.15) is 17.5 Å². The van der Waals surface area contributed by atoms with E-state index in [0.29, 0.717) is 35.4 Å². The highest BCUT2D eigenvalue weighted by Crippen LogP contribution is 2.23. The predicted molar refractivity (Wildman–Crippen MR) is 141 cm³/mol. The zero-order valence-corrected chi connectivity index (χ0v) is 20.2. The maximum absolute atomic E-state index is 13.4. The Morgan fingerprint density at radius 2 is 1.76 bits per heavy atom. The Labute approximate surface area is 212 Å². The van der Waals surface area contributed by atoms with E-state index in [1.54, 1.807) is 24.3 Å². The van der Waals surface area contributed by atoms with Crippen LogP contribution in [0.5, 0.6) is 0 Å². The van der Waals surface area contributed by atoms with Crippen molar-refractivity contribution in [2.75, 3.05) is 16.8 Å². The molecule has 3 aromatic carbocycles. The fourth-order valence-corrected chi connectivity index (χ4v) is 4.08. The van der Waals surface area contributed by atoms with Gasteiger partial charge in [0.15, 0.2) is 0 Å². The maximum Gasteiger partial charge on any atom is 0.305 e. The smallest absolute Gasteiger partial charge is 0.305 e. The summed E-state index contributed by atoms with van der Waals surface area (Å²) in [4.78, 5) is 30.6. The summed E-state index contributed by atoms with van der Waals surface area (Å²) in [6.45, 7) is 3.06. The van der Waals surface area contributed by atoms with Crippen LogP contribution >= 0.6 is 0 Å². The lowest BCUT2D eigenvalue weighted by Gasteiger charge is -2.22. The molecule has 0 saturated carbocycles. The van der Waals surface area contributed by atoms with E-state index in [1.165, 1.54) is 29.2 Å². The molecular formula is C27H27FN6O3. The number of fused-ring (bicyclic) bond motifs is 1. The van der Waals surface area contributed by atoms with Gasteiger partial charge in [-0.15, -0.1) is 0 Å². The molecule has 0 spiro atoms. The number of carbonyl (C=O) groups excluding carboxylic acids is 1. The molecule has 4 aromatic rings. The number of carbonyl (C=O) groups is 2. The molecule has 4 rings (SSSR count). The van der Waals surface area contributed by atoms with E-state index in [9.17, 15) is 14.0 Å². The van der Waals surface area contributed by atoms with Gasteiger partial charge in [0.25, 0.3) is 5.91 Å². The number of hydrogen-bond donors (Lipinski definition) is 4. The van der Waals surface area contributed by atoms with Crippen molar-refractivity contribution in [3.63, 3.8) is 0 Å². The van der Waals surface area contributed by atoms with E-state index in [0.717, 1.165) is 17.0 Å². The topological polar surface area (TPSA) is 137 Å². The van der Waals surface area contributed by atoms with Gasteiger partial charge in [0, 0.05) is 35.6 Å². The van der Waals surface area contributed by atoms with E-state index in [2.05, 4.69) is 5.32 Å². The first kappa shape index (κ1) is 25.4. The highest BCUT2D eigenvalue weighted by Gasteiger charge is 2.20. The van der Waals surface area contributed by atoms with Gasteiger partial charge >= 0.3 is 5.97 Å². The van der Waals surface area contributed by atoms with Gasteiger partial charge in [0.2, 0.25) is 0 Å². The van der Waals surface area contributed by atoms with Gasteiger partial charge in [-0.25, -0.2) is 9.37 Å². The van der Waals surface area contributed by atoms with Gasteiger partial charge in [-0.1, -0.05) is 0 Å². The molecule has 0 aliphatic carbocycles. The zero-order chi connectivity index (χ0) is 26.5. The molecule has 0 saturated heterocycles. The van der Waals surface area contributed by atoms with Crippen LogP contribution in [0.3, 0.4) is 0 Å². The predicted octanol–water partition coefficient (Wildman–Crippen LogP) is 4.21. The minimum atomic E-state index is -1.04. The summed E-state index contributed by atoms with van der Waals surface area (Å²) in [5, 5.41) is 20.0. The quantitative estimate of drug-likeness (QED) is 0.189. The minimum Gasteiger partial charge on any atom is -0.481 e. The number of imidazole rings is 1. The van der Waals surface area contributed by atoms with Crippen molar-refractivity contribution in [1.82, 2.24) is 9.55 Å². The summed E-state index contributed by atoms with van der Waals surface area (Å²) in [7, 11) is 0. The lowest BCUT2D eigenvalue weighted by Crippen LogP contribution is -2.33. The molecule has 1 aromatic heterocycles. The van der Waals surface area contributed by atoms with Gasteiger partial charge < -0.3 is 25.6 Å². The van der Waals surface area contributed by atoms with Crippen molar-refractivity contribution in [3.8, 4) is 0 Å². The number of carboxylic acid groups (broad SMARTS) is 1. The molecule has 5 N–H and O–H groups in total. The van der Waals surface area contributed by atoms with Crippen LogP contribution in [0.4, 0.5) is 15.8 Å². The number of amides is 1. The Bertz CT molecular complexity index is 1450. The Hall–Kier alpha value is -4.73. The SMILES string of the molecule is CCn1c(CNc2ccc(C(=N)N)cc2)nc2cc(C(=O)N(CCC(=O)O)c3ccc(F)cc3)ccc21. The molecule has 190 valence electrons. The number of nitrogens with one attached hydrogen (secondary N) is 2. The number of carboxylic acids is 1. The normalized spacial score (nSPS) is 10.9. The first-order valence-corrected chi connectivity index (χ1v) is 11.7. The van der Waals surface area contributed by atoms with E-state index in [4.69, 9.17) is 21.2 Å². The Morgan fingerprint density at radius 3 is 2.38 bits per heavy atom. The van der Waals surface area contributed by atoms with Crippen molar-refractivity contribution in [3.05, 3.63) is 89.5 Å². The second-order valence-electron chi connectivity index (χ2n) is 8.40. The summed E-state index contributed by atoms with van der Waals surface area (Å²) < 4.78 is 15.5. The third kappa shape index (κ3) is 5.75. The maximum atomic E-state index is 13.4. The lowest BCUT2D eigenvalue weighted by atomic mass is 10.1. The molecule has 37 heavy (non-hydrogen) atoms. The lowest BCUT2D eigenvalue weighted by molar-refractivity contribution is -0.136. The average Bonchev–Trinajstić information content (AvgIpc) is 3.25. The number of anilines is 2. The molecule has 9 nitrogen and oxygen atoms in total. The molecule has 0 aliphatic heterocycles. The number of aryl methyl sites for hydroxylation is 1. The van der Waals surface area contributed by atoms with E-state index in [1.807, 2.05) is 29.7 Å². The van der Waals surface area contributed by atoms with Crippen LogP contribution in [0.2, 0.25) is 0 Å². The van der Waals surface area contributed by atoms with E-state index >= 15 is 0 Å². The van der Waals surface area contributed by atoms with Crippen LogP contribution in [-0.4, -0.2) is 38.9 Å². The average molecular weight is 503 g/mol. The molecule has 0 atom stereocenters. The van der Waals surface area contributed by atoms with Crippen LogP contribution < -0.4 is 16.0 Å². The molecule has 10 heteroatoms. The van der Waals surface area contributed by atoms with E-state index < -0.39 is 17.7 Å². The summed E-state index contributed by atoms with van der Waals surface area (Å²) in [5.41, 5.74) is 9.26. The summed E-state index contributed by atoms with van der Waals surface area (Å²) >= 11 is 0. The van der Waals surface area contributed by atoms with Gasteiger partial charge in [0.05, 0.1) is 24.0 Å². The van der Waals surface area contributed by atoms with Crippen LogP contribution in [0.1, 0.15) is 35.1 Å². The second-order valence-corrected chi connectivity index (χ2v) is 8.40. The number of rotatable bonds is 10. The minimum absolute atomic E-state index is 0.00521. The molecule has 0 bridgehead atoms. The Balaban J connectivity index is 1.60. The molecule has 0 fully saturated rings. The van der Waals surface area contributed by atoms with Crippen molar-refractivity contribution in [1.29, 1.82) is 5.41 Å². The third-order valence-corrected chi connectivity index (χ3v) is 5.97. The monoisotopic (exact) mass is 502 g/mol. The number of nitrogen functional groups attached to an aromatic ring is 1. The van der Waals surface area contributed by atoms with Gasteiger partial charge in [-0.2, -0.15) is 0 Å². The van der Waals surface area contributed by atoms with Crippen LogP contribution in [0, 0.1) is 11.2 Å². The van der Waals surface area contributed by atoms with E-state index in [-0.39, 0.29) is 18.8 Å². The molecule has 0 unspecified atom stereocenters. The summed E-state index contributed by atoms with van der Waals surface area (Å²) in [6.07, 6.45) is -0.251. The molecule has 0 radical (unpaired) electrons. The number of benzene rings is 3. The van der Waals surface area contributed by atoms with Crippen molar-refractivity contribution in [2.45, 2.75) is 26.4 Å². The van der Waals surface area contributed by atoms with Gasteiger partial charge in [-0.3, -0.25) is 15.0 Å². The highest BCUT2D eigenvalue weighted by atomic mass is 19.1. The largest absolute Gasteiger partial charge is 0.481 e. The molecular weight excluding hydrogens is 475 g/mol. The number of nitrogens with zero attached hydrogens (tertiary/aromatic N) is 3. The van der Waals surface area contributed by atoms with Crippen molar-refractivity contribution in [2.24, 2.45) is 5.73 Å². The number of hydrogen-bond acceptors (Lipinski definition) is 5. The highest BCUT2D eigenvalue weighted by molar-refractivity contribution is 6.07. The summed E-state index contributed by atoms with van der Waals surface area (Å²) in [5.74, 6) is -1.10. The molecule has 1 heterocycles. The van der Waals surface area contributed by atoms with Gasteiger partial charge in [-0.05, 0) is 73.7 Å². The fraction of sp³-hybridized carbons (Fsp3) is 0.185. The third-order valence-electron chi connectivity index (χ3n) is 5.97. The Kier molecular flexibility index (Phi) is 7.47. The number of aliphatic carboxylic acids is 1. The summed E-state index contributed by atoms with van der Waals surface area (Å²) in [6, 6.07) is 17.8. The molecule has 1 amide bonds. The molecule has 0 aliphatic rings. The number of aromatic nitrogens is 2. The first-order chi connectivity index (χ1) is 17.8. The number of nitrogens with two attached hydrogens (primary N) is 1. The van der Waals surface area contributed by atoms with Crippen LogP contribution in [0.25, 0.3) is 11.0 Å². The number of amidine groups is 1. The Morgan fingerprint density at radius 1 is 1.08 bits per heavy atom. The van der Waals surface area contributed by atoms with Crippen molar-refractivity contribution >= 4 is 40.1 Å². The second kappa shape index (κ2) is 10.9. The van der Waals surface area contributed by atoms with Crippen molar-refractivity contribution < 1.29 is 19.1 Å². The fourth-order valence-electron chi connectivity index (χ4n) is 4.08. The van der Waals surface area contributed by atoms with Crippen LogP contribution in [0.15, 0.2) is 66.7 Å². The van der Waals surface area contributed by atoms with Crippen LogP contribution in [-0.2, 0) is 17.9 Å². The zero-order valence-electron chi connectivity index (χ0n) is 20.2. The number of halogens is 1.